The molecule has 0 fully saturated rings. The second kappa shape index (κ2) is 7.04. The van der Waals surface area contributed by atoms with Crippen molar-refractivity contribution in [2.24, 2.45) is 0 Å². The molecule has 0 aliphatic rings. The van der Waals surface area contributed by atoms with Gasteiger partial charge in [0.2, 0.25) is 6.41 Å². The van der Waals surface area contributed by atoms with Crippen molar-refractivity contribution in [1.29, 1.82) is 0 Å². The molecule has 1 amide bonds. The molecule has 0 aliphatic carbocycles. The Balaban J connectivity index is 1.85. The van der Waals surface area contributed by atoms with E-state index in [-0.39, 0.29) is 13.2 Å². The first-order valence-electron chi connectivity index (χ1n) is 6.89. The Morgan fingerprint density at radius 3 is 2.86 bits per heavy atom. The Morgan fingerprint density at radius 1 is 1.41 bits per heavy atom. The lowest BCUT2D eigenvalue weighted by atomic mass is 10.2. The van der Waals surface area contributed by atoms with Gasteiger partial charge < -0.3 is 9.26 Å². The summed E-state index contributed by atoms with van der Waals surface area (Å²) in [5.41, 5.74) is 0.373. The first-order chi connectivity index (χ1) is 10.5. The van der Waals surface area contributed by atoms with Crippen LogP contribution in [0, 0.1) is 0 Å². The van der Waals surface area contributed by atoms with Crippen LogP contribution < -0.4 is 4.74 Å². The molecular formula is C15H19N3O4. The minimum atomic E-state index is -0.442. The monoisotopic (exact) mass is 305 g/mol. The number of carbonyl (C=O) groups is 1. The summed E-state index contributed by atoms with van der Waals surface area (Å²) in [5, 5.41) is 5.01. The van der Waals surface area contributed by atoms with E-state index in [9.17, 15) is 4.79 Å². The van der Waals surface area contributed by atoms with E-state index < -0.39 is 5.60 Å². The molecule has 7 heteroatoms. The summed E-state index contributed by atoms with van der Waals surface area (Å²) in [6, 6.07) is 5.35. The van der Waals surface area contributed by atoms with Gasteiger partial charge in [0, 0.05) is 24.0 Å². The lowest BCUT2D eigenvalue weighted by Gasteiger charge is -2.26. The fourth-order valence-electron chi connectivity index (χ4n) is 1.68. The van der Waals surface area contributed by atoms with Gasteiger partial charge in [0.15, 0.2) is 5.76 Å². The van der Waals surface area contributed by atoms with Crippen molar-refractivity contribution in [3.8, 4) is 17.2 Å². The van der Waals surface area contributed by atoms with Crippen LogP contribution in [0.3, 0.4) is 0 Å². The van der Waals surface area contributed by atoms with Gasteiger partial charge in [-0.2, -0.15) is 0 Å². The first-order valence-corrected chi connectivity index (χ1v) is 6.89. The minimum absolute atomic E-state index is 0.244. The minimum Gasteiger partial charge on any atom is -0.474 e. The second-order valence-corrected chi connectivity index (χ2v) is 5.57. The van der Waals surface area contributed by atoms with Gasteiger partial charge in [-0.3, -0.25) is 14.6 Å². The van der Waals surface area contributed by atoms with E-state index in [1.165, 1.54) is 5.06 Å². The lowest BCUT2D eigenvalue weighted by Crippen LogP contribution is -2.35. The van der Waals surface area contributed by atoms with Gasteiger partial charge in [0.25, 0.3) is 5.88 Å². The van der Waals surface area contributed by atoms with Crippen LogP contribution in [0.15, 0.2) is 35.1 Å². The van der Waals surface area contributed by atoms with E-state index in [0.29, 0.717) is 18.1 Å². The van der Waals surface area contributed by atoms with E-state index >= 15 is 0 Å². The summed E-state index contributed by atoms with van der Waals surface area (Å²) < 4.78 is 10.6. The smallest absolute Gasteiger partial charge is 0.254 e. The third-order valence-corrected chi connectivity index (χ3v) is 2.50. The summed E-state index contributed by atoms with van der Waals surface area (Å²) in [4.78, 5) is 20.4. The molecule has 7 nitrogen and oxygen atoms in total. The van der Waals surface area contributed by atoms with Crippen LogP contribution in [0.4, 0.5) is 0 Å². The molecule has 2 rings (SSSR count). The molecular weight excluding hydrogens is 286 g/mol. The van der Waals surface area contributed by atoms with Crippen molar-refractivity contribution in [1.82, 2.24) is 15.2 Å². The highest BCUT2D eigenvalue weighted by molar-refractivity contribution is 5.56. The molecule has 22 heavy (non-hydrogen) atoms. The fraction of sp³-hybridized carbons (Fsp3) is 0.400. The summed E-state index contributed by atoms with van der Waals surface area (Å²) >= 11 is 0. The van der Waals surface area contributed by atoms with Crippen molar-refractivity contribution in [2.45, 2.75) is 26.4 Å². The van der Waals surface area contributed by atoms with Crippen LogP contribution in [-0.2, 0) is 9.63 Å². The average molecular weight is 305 g/mol. The fourth-order valence-corrected chi connectivity index (χ4v) is 1.68. The highest BCUT2D eigenvalue weighted by atomic mass is 16.7. The lowest BCUT2D eigenvalue weighted by molar-refractivity contribution is -0.217. The van der Waals surface area contributed by atoms with Gasteiger partial charge in [-0.1, -0.05) is 0 Å². The van der Waals surface area contributed by atoms with Gasteiger partial charge in [-0.15, -0.1) is 0 Å². The van der Waals surface area contributed by atoms with Crippen molar-refractivity contribution >= 4 is 6.41 Å². The zero-order valence-corrected chi connectivity index (χ0v) is 12.9. The average Bonchev–Trinajstić information content (AvgIpc) is 2.95. The van der Waals surface area contributed by atoms with Gasteiger partial charge in [0.1, 0.15) is 6.61 Å². The predicted octanol–water partition coefficient (Wildman–Crippen LogP) is 2.30. The molecule has 2 aromatic heterocycles. The molecule has 2 heterocycles. The highest BCUT2D eigenvalue weighted by Gasteiger charge is 2.16. The zero-order valence-electron chi connectivity index (χ0n) is 12.9. The molecule has 0 unspecified atom stereocenters. The summed E-state index contributed by atoms with van der Waals surface area (Å²) in [6.07, 6.45) is 3.98. The molecule has 0 saturated heterocycles. The van der Waals surface area contributed by atoms with Crippen molar-refractivity contribution in [3.63, 3.8) is 0 Å². The molecule has 2 aromatic rings. The Hall–Kier alpha value is -2.41. The number of rotatable bonds is 7. The maximum absolute atomic E-state index is 10.9. The van der Waals surface area contributed by atoms with Gasteiger partial charge in [0.05, 0.1) is 12.1 Å². The van der Waals surface area contributed by atoms with Crippen molar-refractivity contribution in [2.75, 3.05) is 13.2 Å². The Bertz CT molecular complexity index is 592. The largest absolute Gasteiger partial charge is 0.474 e. The third kappa shape index (κ3) is 4.85. The number of ether oxygens (including phenoxy) is 1. The Labute approximate surface area is 128 Å². The molecule has 118 valence electrons. The maximum atomic E-state index is 10.9. The standard InChI is InChI=1S/C15H19N3O4/c1-15(2,3)22-18(11-19)7-8-20-14-9-13(21-17-14)12-5-4-6-16-10-12/h4-6,9-11H,7-8H2,1-3H3. The van der Waals surface area contributed by atoms with Crippen LogP contribution in [0.25, 0.3) is 11.3 Å². The number of nitrogens with zero attached hydrogens (tertiary/aromatic N) is 3. The maximum Gasteiger partial charge on any atom is 0.254 e. The van der Waals surface area contributed by atoms with Crippen LogP contribution in [0.1, 0.15) is 20.8 Å². The van der Waals surface area contributed by atoms with E-state index in [2.05, 4.69) is 10.1 Å². The van der Waals surface area contributed by atoms with Crippen molar-refractivity contribution in [3.05, 3.63) is 30.6 Å². The predicted molar refractivity (Wildman–Crippen MR) is 78.8 cm³/mol. The molecule has 0 N–H and O–H groups in total. The molecule has 0 spiro atoms. The first kappa shape index (κ1) is 16.0. The number of carbonyl (C=O) groups excluding carboxylic acids is 1. The molecule has 0 bridgehead atoms. The van der Waals surface area contributed by atoms with Gasteiger partial charge in [-0.25, -0.2) is 5.06 Å². The molecule has 0 aromatic carbocycles. The topological polar surface area (TPSA) is 77.7 Å². The molecule has 0 saturated carbocycles. The van der Waals surface area contributed by atoms with Crippen LogP contribution >= 0.6 is 0 Å². The summed E-state index contributed by atoms with van der Waals surface area (Å²) in [7, 11) is 0. The van der Waals surface area contributed by atoms with E-state index in [1.807, 2.05) is 32.9 Å². The Morgan fingerprint density at radius 2 is 2.23 bits per heavy atom. The quantitative estimate of drug-likeness (QED) is 0.577. The highest BCUT2D eigenvalue weighted by Crippen LogP contribution is 2.22. The second-order valence-electron chi connectivity index (χ2n) is 5.57. The normalized spacial score (nSPS) is 11.2. The number of amides is 1. The van der Waals surface area contributed by atoms with Gasteiger partial charge in [-0.05, 0) is 38.1 Å². The molecule has 0 atom stereocenters. The Kier molecular flexibility index (Phi) is 5.11. The number of hydrogen-bond acceptors (Lipinski definition) is 6. The molecule has 0 aliphatic heterocycles. The van der Waals surface area contributed by atoms with Crippen LogP contribution in [0.5, 0.6) is 5.88 Å². The van der Waals surface area contributed by atoms with Crippen LogP contribution in [-0.4, -0.2) is 40.4 Å². The summed E-state index contributed by atoms with van der Waals surface area (Å²) in [6.45, 7) is 6.12. The van der Waals surface area contributed by atoms with Crippen molar-refractivity contribution < 1.29 is 18.9 Å². The molecule has 0 radical (unpaired) electrons. The SMILES string of the molecule is CC(C)(C)ON(C=O)CCOc1cc(-c2cccnc2)on1. The number of aromatic nitrogens is 2. The van der Waals surface area contributed by atoms with E-state index in [0.717, 1.165) is 5.56 Å². The number of hydroxylamine groups is 2. The number of pyridine rings is 1. The van der Waals surface area contributed by atoms with Gasteiger partial charge >= 0.3 is 0 Å². The zero-order chi connectivity index (χ0) is 16.0. The van der Waals surface area contributed by atoms with E-state index in [4.69, 9.17) is 14.1 Å². The number of hydrogen-bond donors (Lipinski definition) is 0. The summed E-state index contributed by atoms with van der Waals surface area (Å²) in [5.74, 6) is 0.918. The third-order valence-electron chi connectivity index (χ3n) is 2.50. The van der Waals surface area contributed by atoms with Crippen LogP contribution in [0.2, 0.25) is 0 Å². The van der Waals surface area contributed by atoms with E-state index in [1.54, 1.807) is 18.5 Å².